The summed E-state index contributed by atoms with van der Waals surface area (Å²) in [6, 6.07) is 7.59. The fourth-order valence-corrected chi connectivity index (χ4v) is 3.85. The summed E-state index contributed by atoms with van der Waals surface area (Å²) in [4.78, 5) is 29.9. The monoisotopic (exact) mass is 445 g/mol. The first kappa shape index (κ1) is 23.5. The highest BCUT2D eigenvalue weighted by Gasteiger charge is 2.39. The molecule has 0 saturated heterocycles. The molecule has 0 radical (unpaired) electrons. The minimum absolute atomic E-state index is 0.0245. The first-order valence-electron chi connectivity index (χ1n) is 10.5. The quantitative estimate of drug-likeness (QED) is 0.565. The lowest BCUT2D eigenvalue weighted by molar-refractivity contribution is -0.142. The minimum atomic E-state index is -4.94. The standard InChI is InChI=1S/C24H26F3N3O2/c1-6-16-10-8-9-13(3)20(16)29-22(31)18(7-2)30-19-12-15(5)14(4)11-17(19)28-21(23(30)32)24(25,26)27/h8-12,18H,6-7H2,1-5H3,(H,29,31)/t18-/m1/s1. The number of amides is 1. The molecule has 0 fully saturated rings. The summed E-state index contributed by atoms with van der Waals surface area (Å²) in [6.07, 6.45) is -4.14. The Hall–Kier alpha value is -3.16. The summed E-state index contributed by atoms with van der Waals surface area (Å²) in [6.45, 7) is 9.01. The fraction of sp³-hybridized carbons (Fsp3) is 0.375. The van der Waals surface area contributed by atoms with Crippen LogP contribution in [-0.2, 0) is 17.4 Å². The van der Waals surface area contributed by atoms with Crippen molar-refractivity contribution in [3.05, 3.63) is 68.6 Å². The molecule has 1 heterocycles. The molecule has 0 aliphatic carbocycles. The molecule has 0 aliphatic rings. The molecule has 170 valence electrons. The Kier molecular flexibility index (Phi) is 6.44. The molecule has 3 aromatic rings. The number of fused-ring (bicyclic) bond motifs is 1. The number of halogens is 3. The van der Waals surface area contributed by atoms with Gasteiger partial charge in [0.1, 0.15) is 6.04 Å². The summed E-state index contributed by atoms with van der Waals surface area (Å²) in [5.41, 5.74) is 1.27. The van der Waals surface area contributed by atoms with Crippen molar-refractivity contribution in [2.45, 2.75) is 59.7 Å². The smallest absolute Gasteiger partial charge is 0.324 e. The van der Waals surface area contributed by atoms with E-state index in [0.29, 0.717) is 12.1 Å². The summed E-state index contributed by atoms with van der Waals surface area (Å²) in [5.74, 6) is -0.544. The van der Waals surface area contributed by atoms with Crippen molar-refractivity contribution >= 4 is 22.6 Å². The average molecular weight is 445 g/mol. The number of aromatic nitrogens is 2. The predicted octanol–water partition coefficient (Wildman–Crippen LogP) is 5.49. The van der Waals surface area contributed by atoms with Gasteiger partial charge in [0, 0.05) is 5.69 Å². The van der Waals surface area contributed by atoms with Crippen LogP contribution < -0.4 is 10.9 Å². The van der Waals surface area contributed by atoms with Crippen LogP contribution in [0.2, 0.25) is 0 Å². The van der Waals surface area contributed by atoms with Crippen LogP contribution in [0.25, 0.3) is 11.0 Å². The van der Waals surface area contributed by atoms with Gasteiger partial charge in [-0.1, -0.05) is 32.0 Å². The van der Waals surface area contributed by atoms with Gasteiger partial charge in [-0.15, -0.1) is 0 Å². The highest BCUT2D eigenvalue weighted by molar-refractivity contribution is 5.96. The van der Waals surface area contributed by atoms with Crippen molar-refractivity contribution < 1.29 is 18.0 Å². The molecular formula is C24H26F3N3O2. The highest BCUT2D eigenvalue weighted by Crippen LogP contribution is 2.30. The lowest BCUT2D eigenvalue weighted by Crippen LogP contribution is -2.38. The molecule has 0 unspecified atom stereocenters. The van der Waals surface area contributed by atoms with Crippen LogP contribution in [0.5, 0.6) is 0 Å². The first-order chi connectivity index (χ1) is 15.0. The van der Waals surface area contributed by atoms with Crippen LogP contribution in [0.1, 0.15) is 54.3 Å². The van der Waals surface area contributed by atoms with Crippen LogP contribution >= 0.6 is 0 Å². The number of carbonyl (C=O) groups is 1. The van der Waals surface area contributed by atoms with E-state index in [-0.39, 0.29) is 17.5 Å². The zero-order valence-corrected chi connectivity index (χ0v) is 18.7. The number of nitrogens with zero attached hydrogens (tertiary/aromatic N) is 2. The van der Waals surface area contributed by atoms with Crippen LogP contribution in [0.3, 0.4) is 0 Å². The Morgan fingerprint density at radius 1 is 1.09 bits per heavy atom. The minimum Gasteiger partial charge on any atom is -0.324 e. The second kappa shape index (κ2) is 8.76. The molecular weight excluding hydrogens is 419 g/mol. The lowest BCUT2D eigenvalue weighted by atomic mass is 10.0. The largest absolute Gasteiger partial charge is 0.438 e. The number of hydrogen-bond acceptors (Lipinski definition) is 3. The predicted molar refractivity (Wildman–Crippen MR) is 119 cm³/mol. The molecule has 8 heteroatoms. The Labute approximate surface area is 184 Å². The van der Waals surface area contributed by atoms with Crippen LogP contribution in [0.4, 0.5) is 18.9 Å². The molecule has 3 rings (SSSR count). The van der Waals surface area contributed by atoms with E-state index in [9.17, 15) is 22.8 Å². The first-order valence-corrected chi connectivity index (χ1v) is 10.5. The van der Waals surface area contributed by atoms with Gasteiger partial charge in [0.2, 0.25) is 11.6 Å². The maximum Gasteiger partial charge on any atom is 0.438 e. The normalized spacial score (nSPS) is 12.8. The van der Waals surface area contributed by atoms with Crippen LogP contribution in [-0.4, -0.2) is 15.5 Å². The van der Waals surface area contributed by atoms with Crippen molar-refractivity contribution in [2.75, 3.05) is 5.32 Å². The van der Waals surface area contributed by atoms with E-state index in [1.54, 1.807) is 26.8 Å². The number of rotatable bonds is 5. The SMILES string of the molecule is CCc1cccc(C)c1NC(=O)[C@@H](CC)n1c(=O)c(C(F)(F)F)nc2cc(C)c(C)cc21. The van der Waals surface area contributed by atoms with E-state index < -0.39 is 29.4 Å². The third-order valence-electron chi connectivity index (χ3n) is 5.76. The zero-order valence-electron chi connectivity index (χ0n) is 18.7. The maximum atomic E-state index is 13.6. The van der Waals surface area contributed by atoms with E-state index in [0.717, 1.165) is 26.8 Å². The number of hydrogen-bond donors (Lipinski definition) is 1. The third-order valence-corrected chi connectivity index (χ3v) is 5.76. The van der Waals surface area contributed by atoms with E-state index in [4.69, 9.17) is 0 Å². The number of benzene rings is 2. The van der Waals surface area contributed by atoms with Crippen molar-refractivity contribution in [2.24, 2.45) is 0 Å². The third kappa shape index (κ3) is 4.26. The van der Waals surface area contributed by atoms with E-state index in [1.807, 2.05) is 32.0 Å². The van der Waals surface area contributed by atoms with Gasteiger partial charge in [0.15, 0.2) is 0 Å². The van der Waals surface area contributed by atoms with Crippen molar-refractivity contribution in [3.8, 4) is 0 Å². The van der Waals surface area contributed by atoms with E-state index >= 15 is 0 Å². The lowest BCUT2D eigenvalue weighted by Gasteiger charge is -2.23. The number of anilines is 1. The van der Waals surface area contributed by atoms with Crippen LogP contribution in [0.15, 0.2) is 35.1 Å². The summed E-state index contributed by atoms with van der Waals surface area (Å²) < 4.78 is 41.8. The molecule has 0 bridgehead atoms. The number of alkyl halides is 3. The van der Waals surface area contributed by atoms with Crippen LogP contribution in [0, 0.1) is 20.8 Å². The van der Waals surface area contributed by atoms with Gasteiger partial charge in [-0.2, -0.15) is 13.2 Å². The van der Waals surface area contributed by atoms with Crippen molar-refractivity contribution in [1.29, 1.82) is 0 Å². The Morgan fingerprint density at radius 2 is 1.75 bits per heavy atom. The molecule has 1 amide bonds. The van der Waals surface area contributed by atoms with Crippen molar-refractivity contribution in [3.63, 3.8) is 0 Å². The van der Waals surface area contributed by atoms with Gasteiger partial charge < -0.3 is 5.32 Å². The highest BCUT2D eigenvalue weighted by atomic mass is 19.4. The average Bonchev–Trinajstić information content (AvgIpc) is 2.72. The maximum absolute atomic E-state index is 13.6. The number of aryl methyl sites for hydroxylation is 4. The second-order valence-electron chi connectivity index (χ2n) is 7.93. The molecule has 0 spiro atoms. The number of nitrogens with one attached hydrogen (secondary N) is 1. The summed E-state index contributed by atoms with van der Waals surface area (Å²) in [5, 5.41) is 2.86. The Balaban J connectivity index is 2.24. The van der Waals surface area contributed by atoms with E-state index in [1.165, 1.54) is 6.07 Å². The molecule has 1 atom stereocenters. The molecule has 1 aromatic heterocycles. The molecule has 5 nitrogen and oxygen atoms in total. The Bertz CT molecular complexity index is 1250. The molecule has 32 heavy (non-hydrogen) atoms. The van der Waals surface area contributed by atoms with Crippen molar-refractivity contribution in [1.82, 2.24) is 9.55 Å². The number of para-hydroxylation sites is 1. The number of carbonyl (C=O) groups excluding carboxylic acids is 1. The molecule has 1 N–H and O–H groups in total. The van der Waals surface area contributed by atoms with Gasteiger partial charge in [-0.25, -0.2) is 4.98 Å². The topological polar surface area (TPSA) is 64.0 Å². The molecule has 0 aliphatic heterocycles. The van der Waals surface area contributed by atoms with Gasteiger partial charge >= 0.3 is 6.18 Å². The summed E-state index contributed by atoms with van der Waals surface area (Å²) >= 11 is 0. The molecule has 2 aromatic carbocycles. The van der Waals surface area contributed by atoms with Gasteiger partial charge in [0.25, 0.3) is 5.56 Å². The fourth-order valence-electron chi connectivity index (χ4n) is 3.85. The molecule has 0 saturated carbocycles. The summed E-state index contributed by atoms with van der Waals surface area (Å²) in [7, 11) is 0. The zero-order chi connectivity index (χ0) is 23.8. The second-order valence-corrected chi connectivity index (χ2v) is 7.93. The Morgan fingerprint density at radius 3 is 2.34 bits per heavy atom. The van der Waals surface area contributed by atoms with Gasteiger partial charge in [-0.3, -0.25) is 14.2 Å². The van der Waals surface area contributed by atoms with Gasteiger partial charge in [0.05, 0.1) is 11.0 Å². The van der Waals surface area contributed by atoms with E-state index in [2.05, 4.69) is 10.3 Å². The van der Waals surface area contributed by atoms with Gasteiger partial charge in [-0.05, 0) is 68.0 Å².